The first kappa shape index (κ1) is 9.12. The molecule has 0 aromatic carbocycles. The fraction of sp³-hybridized carbons (Fsp3) is 0.800. The Morgan fingerprint density at radius 2 is 2.00 bits per heavy atom. The summed E-state index contributed by atoms with van der Waals surface area (Å²) in [5, 5.41) is 0.323. The molecule has 4 atom stereocenters. The van der Waals surface area contributed by atoms with Gasteiger partial charge in [-0.25, -0.2) is 0 Å². The fourth-order valence-electron chi connectivity index (χ4n) is 2.10. The lowest BCUT2D eigenvalue weighted by atomic mass is 9.76. The van der Waals surface area contributed by atoms with E-state index in [9.17, 15) is 0 Å². The molecule has 1 heteroatoms. The van der Waals surface area contributed by atoms with Crippen LogP contribution in [0.2, 0.25) is 0 Å². The SMILES string of the molecule is C=CC1CC(C)C[C@H](C)[C@@H]1Cl. The molecule has 1 aliphatic carbocycles. The van der Waals surface area contributed by atoms with Gasteiger partial charge in [0.1, 0.15) is 0 Å². The van der Waals surface area contributed by atoms with Crippen molar-refractivity contribution in [2.24, 2.45) is 17.8 Å². The Morgan fingerprint density at radius 1 is 1.36 bits per heavy atom. The molecule has 0 aliphatic heterocycles. The van der Waals surface area contributed by atoms with Gasteiger partial charge in [0.15, 0.2) is 0 Å². The van der Waals surface area contributed by atoms with Gasteiger partial charge in [-0.1, -0.05) is 19.9 Å². The summed E-state index contributed by atoms with van der Waals surface area (Å²) in [7, 11) is 0. The molecule has 0 saturated heterocycles. The standard InChI is InChI=1S/C10H17Cl/c1-4-9-6-7(2)5-8(3)10(9)11/h4,7-10H,1,5-6H2,2-3H3/t7?,8-,9?,10-/m0/s1. The minimum absolute atomic E-state index is 0.323. The second-order valence-corrected chi connectivity index (χ2v) is 4.40. The zero-order chi connectivity index (χ0) is 8.43. The van der Waals surface area contributed by atoms with Gasteiger partial charge in [0, 0.05) is 5.38 Å². The number of alkyl halides is 1. The van der Waals surface area contributed by atoms with Gasteiger partial charge in [-0.05, 0) is 30.6 Å². The molecule has 0 amide bonds. The Kier molecular flexibility index (Phi) is 3.00. The maximum atomic E-state index is 6.23. The average Bonchev–Trinajstić information content (AvgIpc) is 1.96. The van der Waals surface area contributed by atoms with Gasteiger partial charge >= 0.3 is 0 Å². The highest BCUT2D eigenvalue weighted by molar-refractivity contribution is 6.21. The summed E-state index contributed by atoms with van der Waals surface area (Å²) >= 11 is 6.23. The maximum absolute atomic E-state index is 6.23. The lowest BCUT2D eigenvalue weighted by Gasteiger charge is -2.34. The summed E-state index contributed by atoms with van der Waals surface area (Å²) in [6, 6.07) is 0. The van der Waals surface area contributed by atoms with Crippen LogP contribution in [0, 0.1) is 17.8 Å². The minimum Gasteiger partial charge on any atom is -0.122 e. The molecule has 1 saturated carbocycles. The van der Waals surface area contributed by atoms with E-state index in [2.05, 4.69) is 20.4 Å². The monoisotopic (exact) mass is 172 g/mol. The number of halogens is 1. The average molecular weight is 173 g/mol. The third-order valence-corrected chi connectivity index (χ3v) is 3.46. The third-order valence-electron chi connectivity index (χ3n) is 2.70. The summed E-state index contributed by atoms with van der Waals surface area (Å²) in [6.07, 6.45) is 4.52. The van der Waals surface area contributed by atoms with Crippen molar-refractivity contribution >= 4 is 11.6 Å². The number of allylic oxidation sites excluding steroid dienone is 1. The van der Waals surface area contributed by atoms with Crippen molar-refractivity contribution in [1.29, 1.82) is 0 Å². The summed E-state index contributed by atoms with van der Waals surface area (Å²) < 4.78 is 0. The topological polar surface area (TPSA) is 0 Å². The van der Waals surface area contributed by atoms with Crippen LogP contribution < -0.4 is 0 Å². The van der Waals surface area contributed by atoms with Crippen molar-refractivity contribution < 1.29 is 0 Å². The van der Waals surface area contributed by atoms with Crippen LogP contribution in [-0.2, 0) is 0 Å². The van der Waals surface area contributed by atoms with Crippen molar-refractivity contribution in [2.45, 2.75) is 32.1 Å². The second-order valence-electron chi connectivity index (χ2n) is 3.90. The minimum atomic E-state index is 0.323. The van der Waals surface area contributed by atoms with Gasteiger partial charge in [0.05, 0.1) is 0 Å². The quantitative estimate of drug-likeness (QED) is 0.420. The number of hydrogen-bond acceptors (Lipinski definition) is 0. The predicted octanol–water partition coefficient (Wildman–Crippen LogP) is 3.46. The molecule has 0 heterocycles. The van der Waals surface area contributed by atoms with Crippen molar-refractivity contribution in [1.82, 2.24) is 0 Å². The number of rotatable bonds is 1. The van der Waals surface area contributed by atoms with Gasteiger partial charge in [-0.3, -0.25) is 0 Å². The summed E-state index contributed by atoms with van der Waals surface area (Å²) in [6.45, 7) is 8.36. The first-order valence-electron chi connectivity index (χ1n) is 4.41. The summed E-state index contributed by atoms with van der Waals surface area (Å²) in [5.74, 6) is 2.02. The Bertz CT molecular complexity index is 142. The van der Waals surface area contributed by atoms with Crippen LogP contribution >= 0.6 is 11.6 Å². The Balaban J connectivity index is 2.58. The van der Waals surface area contributed by atoms with E-state index in [1.807, 2.05) is 6.08 Å². The molecule has 0 aromatic heterocycles. The summed E-state index contributed by atoms with van der Waals surface area (Å²) in [5.41, 5.74) is 0. The summed E-state index contributed by atoms with van der Waals surface area (Å²) in [4.78, 5) is 0. The molecule has 0 N–H and O–H groups in total. The van der Waals surface area contributed by atoms with Crippen LogP contribution in [0.4, 0.5) is 0 Å². The molecule has 0 bridgehead atoms. The molecule has 0 radical (unpaired) electrons. The molecule has 0 nitrogen and oxygen atoms in total. The van der Waals surface area contributed by atoms with E-state index in [1.165, 1.54) is 12.8 Å². The van der Waals surface area contributed by atoms with Gasteiger partial charge in [-0.2, -0.15) is 0 Å². The van der Waals surface area contributed by atoms with E-state index in [0.717, 1.165) is 5.92 Å². The largest absolute Gasteiger partial charge is 0.122 e. The van der Waals surface area contributed by atoms with Crippen molar-refractivity contribution in [3.05, 3.63) is 12.7 Å². The molecule has 2 unspecified atom stereocenters. The molecular weight excluding hydrogens is 156 g/mol. The van der Waals surface area contributed by atoms with E-state index in [1.54, 1.807) is 0 Å². The molecule has 0 spiro atoms. The lowest BCUT2D eigenvalue weighted by Crippen LogP contribution is -2.29. The van der Waals surface area contributed by atoms with Crippen LogP contribution in [0.3, 0.4) is 0 Å². The highest BCUT2D eigenvalue weighted by Gasteiger charge is 2.30. The van der Waals surface area contributed by atoms with E-state index < -0.39 is 0 Å². The Morgan fingerprint density at radius 3 is 2.55 bits per heavy atom. The van der Waals surface area contributed by atoms with Gasteiger partial charge < -0.3 is 0 Å². The van der Waals surface area contributed by atoms with Gasteiger partial charge in [0.25, 0.3) is 0 Å². The van der Waals surface area contributed by atoms with E-state index >= 15 is 0 Å². The van der Waals surface area contributed by atoms with Crippen LogP contribution in [0.1, 0.15) is 26.7 Å². The zero-order valence-corrected chi connectivity index (χ0v) is 8.14. The smallest absolute Gasteiger partial charge is 0.0424 e. The molecule has 64 valence electrons. The van der Waals surface area contributed by atoms with Crippen molar-refractivity contribution in [3.8, 4) is 0 Å². The van der Waals surface area contributed by atoms with Crippen LogP contribution in [-0.4, -0.2) is 5.38 Å². The molecular formula is C10H17Cl. The second kappa shape index (κ2) is 3.62. The predicted molar refractivity (Wildman–Crippen MR) is 50.9 cm³/mol. The Labute approximate surface area is 74.6 Å². The van der Waals surface area contributed by atoms with Crippen LogP contribution in [0.5, 0.6) is 0 Å². The van der Waals surface area contributed by atoms with Crippen molar-refractivity contribution in [3.63, 3.8) is 0 Å². The highest BCUT2D eigenvalue weighted by Crippen LogP contribution is 2.36. The first-order valence-corrected chi connectivity index (χ1v) is 4.85. The highest BCUT2D eigenvalue weighted by atomic mass is 35.5. The van der Waals surface area contributed by atoms with Gasteiger partial charge in [-0.15, -0.1) is 18.2 Å². The molecule has 1 aliphatic rings. The molecule has 1 rings (SSSR count). The third kappa shape index (κ3) is 1.99. The lowest BCUT2D eigenvalue weighted by molar-refractivity contribution is 0.259. The molecule has 11 heavy (non-hydrogen) atoms. The van der Waals surface area contributed by atoms with Gasteiger partial charge in [0.2, 0.25) is 0 Å². The zero-order valence-electron chi connectivity index (χ0n) is 7.39. The van der Waals surface area contributed by atoms with E-state index in [4.69, 9.17) is 11.6 Å². The van der Waals surface area contributed by atoms with E-state index in [-0.39, 0.29) is 0 Å². The molecule has 1 fully saturated rings. The molecule has 0 aromatic rings. The van der Waals surface area contributed by atoms with Crippen LogP contribution in [0.15, 0.2) is 12.7 Å². The number of hydrogen-bond donors (Lipinski definition) is 0. The first-order chi connectivity index (χ1) is 5.15. The van der Waals surface area contributed by atoms with E-state index in [0.29, 0.717) is 17.2 Å². The van der Waals surface area contributed by atoms with Crippen molar-refractivity contribution in [2.75, 3.05) is 0 Å². The fourth-order valence-corrected chi connectivity index (χ4v) is 2.41. The van der Waals surface area contributed by atoms with Crippen LogP contribution in [0.25, 0.3) is 0 Å². The maximum Gasteiger partial charge on any atom is 0.0424 e. The normalized spacial score (nSPS) is 45.4. The Hall–Kier alpha value is 0.0300.